The number of benzene rings is 1. The third kappa shape index (κ3) is 6.61. The van der Waals surface area contributed by atoms with E-state index < -0.39 is 0 Å². The zero-order valence-electron chi connectivity index (χ0n) is 11.0. The average molecular weight is 233 g/mol. The Balaban J connectivity index is 2.31. The quantitative estimate of drug-likeness (QED) is 0.476. The van der Waals surface area contributed by atoms with Crippen molar-refractivity contribution in [1.82, 2.24) is 0 Å². The summed E-state index contributed by atoms with van der Waals surface area (Å²) >= 11 is 0. The van der Waals surface area contributed by atoms with Gasteiger partial charge in [0.1, 0.15) is 0 Å². The van der Waals surface area contributed by atoms with Crippen LogP contribution in [0.1, 0.15) is 33.6 Å². The predicted molar refractivity (Wildman–Crippen MR) is 75.2 cm³/mol. The Kier molecular flexibility index (Phi) is 5.01. The van der Waals surface area contributed by atoms with Gasteiger partial charge in [0.15, 0.2) is 5.96 Å². The van der Waals surface area contributed by atoms with Gasteiger partial charge in [-0.1, -0.05) is 39.0 Å². The van der Waals surface area contributed by atoms with Crippen molar-refractivity contribution in [2.24, 2.45) is 16.1 Å². The largest absolute Gasteiger partial charge is 0.370 e. The monoisotopic (exact) mass is 233 g/mol. The molecule has 0 saturated carbocycles. The van der Waals surface area contributed by atoms with Crippen LogP contribution in [0.4, 0.5) is 5.69 Å². The van der Waals surface area contributed by atoms with Gasteiger partial charge in [-0.2, -0.15) is 0 Å². The molecule has 0 aromatic heterocycles. The normalized spacial score (nSPS) is 12.5. The number of nitrogens with one attached hydrogen (secondary N) is 1. The maximum Gasteiger partial charge on any atom is 0.193 e. The first-order valence-electron chi connectivity index (χ1n) is 6.09. The van der Waals surface area contributed by atoms with Gasteiger partial charge in [-0.05, 0) is 30.4 Å². The number of nitrogens with two attached hydrogens (primary N) is 1. The highest BCUT2D eigenvalue weighted by Gasteiger charge is 2.08. The van der Waals surface area contributed by atoms with Crippen LogP contribution in [0.5, 0.6) is 0 Å². The minimum Gasteiger partial charge on any atom is -0.370 e. The average Bonchev–Trinajstić information content (AvgIpc) is 2.25. The molecule has 3 nitrogen and oxygen atoms in total. The summed E-state index contributed by atoms with van der Waals surface area (Å²) in [5.41, 5.74) is 7.14. The van der Waals surface area contributed by atoms with Crippen LogP contribution >= 0.6 is 0 Å². The zero-order chi connectivity index (χ0) is 12.7. The van der Waals surface area contributed by atoms with Crippen molar-refractivity contribution in [2.75, 3.05) is 11.9 Å². The Morgan fingerprint density at radius 1 is 1.24 bits per heavy atom. The number of anilines is 1. The fourth-order valence-electron chi connectivity index (χ4n) is 1.52. The summed E-state index contributed by atoms with van der Waals surface area (Å²) in [4.78, 5) is 4.31. The lowest BCUT2D eigenvalue weighted by Crippen LogP contribution is -2.22. The number of aliphatic imine (C=N–C) groups is 1. The summed E-state index contributed by atoms with van der Waals surface area (Å²) in [7, 11) is 0. The highest BCUT2D eigenvalue weighted by molar-refractivity contribution is 5.92. The third-order valence-corrected chi connectivity index (χ3v) is 2.41. The van der Waals surface area contributed by atoms with Crippen molar-refractivity contribution in [3.8, 4) is 0 Å². The summed E-state index contributed by atoms with van der Waals surface area (Å²) in [5, 5.41) is 3.07. The minimum atomic E-state index is 0.372. The summed E-state index contributed by atoms with van der Waals surface area (Å²) in [6.45, 7) is 7.50. The van der Waals surface area contributed by atoms with E-state index in [4.69, 9.17) is 5.73 Å². The van der Waals surface area contributed by atoms with E-state index in [0.717, 1.165) is 25.1 Å². The standard InChI is InChI=1S/C14H23N3/c1-14(2,3)10-7-11-16-13(15)17-12-8-5-4-6-9-12/h4-6,8-9H,7,10-11H2,1-3H3,(H3,15,16,17). The van der Waals surface area contributed by atoms with Crippen molar-refractivity contribution in [1.29, 1.82) is 0 Å². The molecular formula is C14H23N3. The van der Waals surface area contributed by atoms with E-state index in [1.165, 1.54) is 0 Å². The molecule has 0 amide bonds. The highest BCUT2D eigenvalue weighted by atomic mass is 15.1. The lowest BCUT2D eigenvalue weighted by molar-refractivity contribution is 0.368. The van der Waals surface area contributed by atoms with E-state index >= 15 is 0 Å². The Bertz CT molecular complexity index is 349. The van der Waals surface area contributed by atoms with Crippen molar-refractivity contribution in [2.45, 2.75) is 33.6 Å². The topological polar surface area (TPSA) is 50.4 Å². The first kappa shape index (κ1) is 13.6. The first-order chi connectivity index (χ1) is 7.97. The molecule has 1 aromatic rings. The van der Waals surface area contributed by atoms with E-state index in [2.05, 4.69) is 31.1 Å². The van der Waals surface area contributed by atoms with Crippen LogP contribution in [0, 0.1) is 5.41 Å². The number of hydrogen-bond donors (Lipinski definition) is 2. The van der Waals surface area contributed by atoms with Gasteiger partial charge in [0.2, 0.25) is 0 Å². The van der Waals surface area contributed by atoms with Crippen molar-refractivity contribution >= 4 is 11.6 Å². The van der Waals surface area contributed by atoms with Crippen LogP contribution < -0.4 is 11.1 Å². The molecule has 0 aliphatic rings. The number of rotatable bonds is 4. The fourth-order valence-corrected chi connectivity index (χ4v) is 1.52. The molecule has 0 atom stereocenters. The molecule has 0 heterocycles. The third-order valence-electron chi connectivity index (χ3n) is 2.41. The second-order valence-corrected chi connectivity index (χ2v) is 5.42. The zero-order valence-corrected chi connectivity index (χ0v) is 11.0. The maximum atomic E-state index is 5.79. The van der Waals surface area contributed by atoms with E-state index in [1.54, 1.807) is 0 Å². The number of para-hydroxylation sites is 1. The molecule has 3 N–H and O–H groups in total. The smallest absolute Gasteiger partial charge is 0.193 e. The molecule has 0 aliphatic heterocycles. The number of hydrogen-bond acceptors (Lipinski definition) is 1. The molecule has 0 fully saturated rings. The molecular weight excluding hydrogens is 210 g/mol. The molecule has 17 heavy (non-hydrogen) atoms. The van der Waals surface area contributed by atoms with Gasteiger partial charge < -0.3 is 11.1 Å². The summed E-state index contributed by atoms with van der Waals surface area (Å²) in [5.74, 6) is 0.491. The number of nitrogens with zero attached hydrogens (tertiary/aromatic N) is 1. The second-order valence-electron chi connectivity index (χ2n) is 5.42. The van der Waals surface area contributed by atoms with Crippen LogP contribution in [0.2, 0.25) is 0 Å². The summed E-state index contributed by atoms with van der Waals surface area (Å²) in [6.07, 6.45) is 2.23. The molecule has 0 radical (unpaired) electrons. The lowest BCUT2D eigenvalue weighted by atomic mass is 9.91. The van der Waals surface area contributed by atoms with E-state index in [9.17, 15) is 0 Å². The van der Waals surface area contributed by atoms with E-state index in [0.29, 0.717) is 11.4 Å². The SMILES string of the molecule is CC(C)(C)CCCN=C(N)Nc1ccccc1. The molecule has 0 spiro atoms. The lowest BCUT2D eigenvalue weighted by Gasteiger charge is -2.16. The van der Waals surface area contributed by atoms with Gasteiger partial charge in [-0.15, -0.1) is 0 Å². The maximum absolute atomic E-state index is 5.79. The molecule has 1 rings (SSSR count). The van der Waals surface area contributed by atoms with Gasteiger partial charge in [-0.25, -0.2) is 0 Å². The van der Waals surface area contributed by atoms with E-state index in [-0.39, 0.29) is 0 Å². The minimum absolute atomic E-state index is 0.372. The van der Waals surface area contributed by atoms with Crippen LogP contribution in [-0.2, 0) is 0 Å². The Morgan fingerprint density at radius 3 is 2.47 bits per heavy atom. The van der Waals surface area contributed by atoms with Gasteiger partial charge in [0, 0.05) is 12.2 Å². The van der Waals surface area contributed by atoms with Crippen molar-refractivity contribution in [3.05, 3.63) is 30.3 Å². The Labute approximate surface area is 104 Å². The Hall–Kier alpha value is -1.51. The molecule has 0 aliphatic carbocycles. The first-order valence-corrected chi connectivity index (χ1v) is 6.09. The summed E-state index contributed by atoms with van der Waals surface area (Å²) in [6, 6.07) is 9.85. The van der Waals surface area contributed by atoms with Gasteiger partial charge in [0.05, 0.1) is 0 Å². The molecule has 94 valence electrons. The van der Waals surface area contributed by atoms with Crippen LogP contribution in [0.25, 0.3) is 0 Å². The Morgan fingerprint density at radius 2 is 1.88 bits per heavy atom. The van der Waals surface area contributed by atoms with Gasteiger partial charge in [-0.3, -0.25) is 4.99 Å². The fraction of sp³-hybridized carbons (Fsp3) is 0.500. The van der Waals surface area contributed by atoms with Crippen LogP contribution in [0.3, 0.4) is 0 Å². The summed E-state index contributed by atoms with van der Waals surface area (Å²) < 4.78 is 0. The molecule has 0 saturated heterocycles. The van der Waals surface area contributed by atoms with Crippen molar-refractivity contribution in [3.63, 3.8) is 0 Å². The van der Waals surface area contributed by atoms with Crippen LogP contribution in [0.15, 0.2) is 35.3 Å². The molecule has 3 heteroatoms. The predicted octanol–water partition coefficient (Wildman–Crippen LogP) is 3.24. The van der Waals surface area contributed by atoms with Crippen molar-refractivity contribution < 1.29 is 0 Å². The van der Waals surface area contributed by atoms with Crippen LogP contribution in [-0.4, -0.2) is 12.5 Å². The highest BCUT2D eigenvalue weighted by Crippen LogP contribution is 2.20. The molecule has 0 unspecified atom stereocenters. The second kappa shape index (κ2) is 6.28. The molecule has 1 aromatic carbocycles. The number of guanidine groups is 1. The van der Waals surface area contributed by atoms with Gasteiger partial charge in [0.25, 0.3) is 0 Å². The van der Waals surface area contributed by atoms with Gasteiger partial charge >= 0.3 is 0 Å². The van der Waals surface area contributed by atoms with E-state index in [1.807, 2.05) is 30.3 Å². The molecule has 0 bridgehead atoms.